The molecule has 0 amide bonds. The molecule has 2 heterocycles. The maximum atomic E-state index is 10.5. The number of ether oxygens (including phenoxy) is 2. The maximum absolute atomic E-state index is 10.5. The molecule has 2 aromatic heterocycles. The number of rotatable bonds is 10. The Labute approximate surface area is 194 Å². The van der Waals surface area contributed by atoms with Gasteiger partial charge in [-0.3, -0.25) is 0 Å². The Morgan fingerprint density at radius 3 is 2.69 bits per heavy atom. The van der Waals surface area contributed by atoms with E-state index in [1.54, 1.807) is 26.0 Å². The lowest BCUT2D eigenvalue weighted by molar-refractivity contribution is 0.0686. The summed E-state index contributed by atoms with van der Waals surface area (Å²) in [6, 6.07) is 10.5. The highest BCUT2D eigenvalue weighted by Gasteiger charge is 2.29. The van der Waals surface area contributed by atoms with Gasteiger partial charge in [-0.2, -0.15) is 5.10 Å². The van der Waals surface area contributed by atoms with E-state index in [2.05, 4.69) is 55.3 Å². The van der Waals surface area contributed by atoms with Gasteiger partial charge in [0.15, 0.2) is 0 Å². The van der Waals surface area contributed by atoms with E-state index in [0.29, 0.717) is 19.1 Å². The van der Waals surface area contributed by atoms with Crippen LogP contribution < -0.4 is 9.64 Å². The Hall–Kier alpha value is -2.22. The Morgan fingerprint density at radius 1 is 1.25 bits per heavy atom. The summed E-state index contributed by atoms with van der Waals surface area (Å²) < 4.78 is 13.0. The van der Waals surface area contributed by atoms with Gasteiger partial charge in [-0.05, 0) is 68.2 Å². The zero-order valence-corrected chi connectivity index (χ0v) is 20.4. The third-order valence-electron chi connectivity index (χ3n) is 6.00. The van der Waals surface area contributed by atoms with Crippen LogP contribution >= 0.6 is 11.8 Å². The number of hydrogen-bond acceptors (Lipinski definition) is 6. The summed E-state index contributed by atoms with van der Waals surface area (Å²) in [5.41, 5.74) is 6.51. The number of aliphatic hydroxyl groups is 1. The molecule has 0 aliphatic heterocycles. The van der Waals surface area contributed by atoms with Gasteiger partial charge in [0, 0.05) is 25.8 Å². The number of pyridine rings is 1. The van der Waals surface area contributed by atoms with Crippen molar-refractivity contribution in [2.75, 3.05) is 45.1 Å². The minimum absolute atomic E-state index is 0.319. The van der Waals surface area contributed by atoms with E-state index in [9.17, 15) is 5.11 Å². The first-order valence-electron chi connectivity index (χ1n) is 11.1. The molecule has 6 nitrogen and oxygen atoms in total. The van der Waals surface area contributed by atoms with Crippen LogP contribution in [-0.4, -0.2) is 61.0 Å². The first-order chi connectivity index (χ1) is 15.5. The standard InChI is InChI=1S/C25H33N3O3S/c1-16-11-17(2)23(22(12-16)31-4)20-7-6-8-21-24(25(32-5)26-28(20)21)27(13-18-9-10-18)14-19(29)15-30-3/h6-8,11-12,18-19,29H,9-10,13-15H2,1-5H3/t19-/m0/s1. The minimum atomic E-state index is -0.550. The summed E-state index contributed by atoms with van der Waals surface area (Å²) in [6.45, 7) is 5.96. The van der Waals surface area contributed by atoms with Gasteiger partial charge in [-0.15, -0.1) is 11.8 Å². The van der Waals surface area contributed by atoms with Crippen molar-refractivity contribution in [1.29, 1.82) is 0 Å². The molecule has 1 saturated carbocycles. The molecule has 0 radical (unpaired) electrons. The van der Waals surface area contributed by atoms with Crippen LogP contribution in [-0.2, 0) is 4.74 Å². The molecule has 1 atom stereocenters. The van der Waals surface area contributed by atoms with Gasteiger partial charge in [0.2, 0.25) is 0 Å². The van der Waals surface area contributed by atoms with Crippen LogP contribution in [0, 0.1) is 19.8 Å². The van der Waals surface area contributed by atoms with E-state index in [1.807, 2.05) is 4.52 Å². The fraction of sp³-hybridized carbons (Fsp3) is 0.480. The van der Waals surface area contributed by atoms with Crippen LogP contribution in [0.25, 0.3) is 16.8 Å². The van der Waals surface area contributed by atoms with Gasteiger partial charge in [0.25, 0.3) is 0 Å². The van der Waals surface area contributed by atoms with Crippen LogP contribution in [0.2, 0.25) is 0 Å². The van der Waals surface area contributed by atoms with Crippen molar-refractivity contribution in [1.82, 2.24) is 9.61 Å². The highest BCUT2D eigenvalue weighted by molar-refractivity contribution is 7.98. The van der Waals surface area contributed by atoms with E-state index in [4.69, 9.17) is 14.6 Å². The average Bonchev–Trinajstić information content (AvgIpc) is 3.49. The van der Waals surface area contributed by atoms with Crippen LogP contribution in [0.5, 0.6) is 5.75 Å². The number of methoxy groups -OCH3 is 2. The summed E-state index contributed by atoms with van der Waals surface area (Å²) in [5.74, 6) is 1.53. The highest BCUT2D eigenvalue weighted by atomic mass is 32.2. The molecule has 1 N–H and O–H groups in total. The summed E-state index contributed by atoms with van der Waals surface area (Å²) >= 11 is 1.64. The summed E-state index contributed by atoms with van der Waals surface area (Å²) in [4.78, 5) is 2.30. The number of aromatic nitrogens is 2. The molecular formula is C25H33N3O3S. The van der Waals surface area contributed by atoms with Crippen molar-refractivity contribution in [2.45, 2.75) is 37.8 Å². The number of benzene rings is 1. The van der Waals surface area contributed by atoms with Gasteiger partial charge >= 0.3 is 0 Å². The normalized spacial score (nSPS) is 14.7. The predicted octanol–water partition coefficient (Wildman–Crippen LogP) is 4.57. The molecule has 1 aliphatic rings. The number of thioether (sulfide) groups is 1. The van der Waals surface area contributed by atoms with E-state index < -0.39 is 6.10 Å². The molecule has 32 heavy (non-hydrogen) atoms. The molecule has 172 valence electrons. The topological polar surface area (TPSA) is 59.2 Å². The molecule has 1 fully saturated rings. The third-order valence-corrected chi connectivity index (χ3v) is 6.66. The number of aliphatic hydroxyl groups excluding tert-OH is 1. The Morgan fingerprint density at radius 2 is 2.03 bits per heavy atom. The van der Waals surface area contributed by atoms with Crippen molar-refractivity contribution in [3.8, 4) is 17.0 Å². The predicted molar refractivity (Wildman–Crippen MR) is 131 cm³/mol. The lowest BCUT2D eigenvalue weighted by Gasteiger charge is -2.27. The largest absolute Gasteiger partial charge is 0.496 e. The van der Waals surface area contributed by atoms with Crippen LogP contribution in [0.15, 0.2) is 35.4 Å². The number of anilines is 1. The van der Waals surface area contributed by atoms with Crippen LogP contribution in [0.1, 0.15) is 24.0 Å². The van der Waals surface area contributed by atoms with Crippen LogP contribution in [0.3, 0.4) is 0 Å². The van der Waals surface area contributed by atoms with E-state index in [0.717, 1.165) is 45.3 Å². The molecule has 0 saturated heterocycles. The molecule has 0 bridgehead atoms. The van der Waals surface area contributed by atoms with Crippen molar-refractivity contribution >= 4 is 23.0 Å². The average molecular weight is 456 g/mol. The molecule has 0 spiro atoms. The molecular weight excluding hydrogens is 422 g/mol. The smallest absolute Gasteiger partial charge is 0.142 e. The van der Waals surface area contributed by atoms with Gasteiger partial charge < -0.3 is 19.5 Å². The SMILES string of the molecule is COC[C@@H](O)CN(CC1CC1)c1c(SC)nn2c(-c3c(C)cc(C)cc3OC)cccc12. The quantitative estimate of drug-likeness (QED) is 0.452. The monoisotopic (exact) mass is 455 g/mol. The van der Waals surface area contributed by atoms with E-state index in [1.165, 1.54) is 18.4 Å². The Kier molecular flexibility index (Phi) is 6.98. The fourth-order valence-electron chi connectivity index (χ4n) is 4.45. The molecule has 7 heteroatoms. The minimum Gasteiger partial charge on any atom is -0.496 e. The molecule has 4 rings (SSSR count). The number of fused-ring (bicyclic) bond motifs is 1. The fourth-order valence-corrected chi connectivity index (χ4v) is 5.04. The first kappa shape index (κ1) is 23.0. The van der Waals surface area contributed by atoms with E-state index >= 15 is 0 Å². The number of nitrogens with zero attached hydrogens (tertiary/aromatic N) is 3. The number of aryl methyl sites for hydroxylation is 2. The Balaban J connectivity index is 1.87. The summed E-state index contributed by atoms with van der Waals surface area (Å²) in [6.07, 6.45) is 4.00. The van der Waals surface area contributed by atoms with Gasteiger partial charge in [-0.25, -0.2) is 4.52 Å². The van der Waals surface area contributed by atoms with Crippen molar-refractivity contribution in [2.24, 2.45) is 5.92 Å². The first-order valence-corrected chi connectivity index (χ1v) is 12.3. The summed E-state index contributed by atoms with van der Waals surface area (Å²) in [5, 5.41) is 16.5. The molecule has 0 unspecified atom stereocenters. The van der Waals surface area contributed by atoms with Gasteiger partial charge in [0.05, 0.1) is 36.7 Å². The zero-order valence-electron chi connectivity index (χ0n) is 19.6. The molecule has 1 aliphatic carbocycles. The van der Waals surface area contributed by atoms with Gasteiger partial charge in [-0.1, -0.05) is 12.1 Å². The second-order valence-corrected chi connectivity index (χ2v) is 9.48. The zero-order chi connectivity index (χ0) is 22.8. The van der Waals surface area contributed by atoms with E-state index in [-0.39, 0.29) is 0 Å². The lowest BCUT2D eigenvalue weighted by Crippen LogP contribution is -2.36. The van der Waals surface area contributed by atoms with Crippen molar-refractivity contribution < 1.29 is 14.6 Å². The second kappa shape index (κ2) is 9.73. The summed E-state index contributed by atoms with van der Waals surface area (Å²) in [7, 11) is 3.34. The Bertz CT molecular complexity index is 1090. The number of hydrogen-bond donors (Lipinski definition) is 1. The molecule has 3 aromatic rings. The van der Waals surface area contributed by atoms with Crippen LogP contribution in [0.4, 0.5) is 5.69 Å². The third kappa shape index (κ3) is 4.60. The van der Waals surface area contributed by atoms with Crippen molar-refractivity contribution in [3.05, 3.63) is 41.5 Å². The van der Waals surface area contributed by atoms with Crippen molar-refractivity contribution in [3.63, 3.8) is 0 Å². The highest BCUT2D eigenvalue weighted by Crippen LogP contribution is 2.40. The lowest BCUT2D eigenvalue weighted by atomic mass is 10.0. The molecule has 1 aromatic carbocycles. The second-order valence-electron chi connectivity index (χ2n) is 8.68. The maximum Gasteiger partial charge on any atom is 0.142 e. The van der Waals surface area contributed by atoms with Gasteiger partial charge in [0.1, 0.15) is 10.8 Å².